The summed E-state index contributed by atoms with van der Waals surface area (Å²) in [6, 6.07) is 0.203. The minimum absolute atomic E-state index is 0.0358. The molecule has 1 heterocycles. The first-order valence-electron chi connectivity index (χ1n) is 7.46. The number of hydrogen-bond donors (Lipinski definition) is 1. The first-order valence-corrected chi connectivity index (χ1v) is 7.46. The van der Waals surface area contributed by atoms with E-state index >= 15 is 0 Å². The molecule has 19 heavy (non-hydrogen) atoms. The van der Waals surface area contributed by atoms with Crippen molar-refractivity contribution in [3.8, 4) is 0 Å². The van der Waals surface area contributed by atoms with Crippen LogP contribution in [0.5, 0.6) is 0 Å². The number of carbonyl (C=O) groups excluding carboxylic acids is 1. The fourth-order valence-corrected chi connectivity index (χ4v) is 2.76. The second-order valence-electron chi connectivity index (χ2n) is 6.26. The maximum atomic E-state index is 12.8. The van der Waals surface area contributed by atoms with Gasteiger partial charge in [-0.1, -0.05) is 20.8 Å². The quantitative estimate of drug-likeness (QED) is 0.803. The van der Waals surface area contributed by atoms with Crippen LogP contribution >= 0.6 is 0 Å². The zero-order valence-corrected chi connectivity index (χ0v) is 13.2. The zero-order valence-electron chi connectivity index (χ0n) is 13.2. The summed E-state index contributed by atoms with van der Waals surface area (Å²) in [5, 5.41) is 3.41. The molecule has 0 aliphatic carbocycles. The molecular weight excluding hydrogens is 240 g/mol. The molecule has 1 amide bonds. The average Bonchev–Trinajstić information content (AvgIpc) is 2.38. The van der Waals surface area contributed by atoms with Crippen molar-refractivity contribution in [1.82, 2.24) is 10.2 Å². The Hall–Kier alpha value is -0.610. The molecule has 1 rings (SSSR count). The lowest BCUT2D eigenvalue weighted by molar-refractivity contribution is -0.140. The predicted molar refractivity (Wildman–Crippen MR) is 78.1 cm³/mol. The Bertz CT molecular complexity index is 292. The van der Waals surface area contributed by atoms with Crippen molar-refractivity contribution >= 4 is 5.91 Å². The Morgan fingerprint density at radius 3 is 2.74 bits per heavy atom. The van der Waals surface area contributed by atoms with Gasteiger partial charge in [0.25, 0.3) is 0 Å². The van der Waals surface area contributed by atoms with Crippen molar-refractivity contribution in [2.75, 3.05) is 26.8 Å². The van der Waals surface area contributed by atoms with Crippen LogP contribution in [0.4, 0.5) is 0 Å². The van der Waals surface area contributed by atoms with Crippen LogP contribution in [0.1, 0.15) is 47.0 Å². The van der Waals surface area contributed by atoms with Crippen molar-refractivity contribution in [2.24, 2.45) is 5.41 Å². The molecule has 0 aromatic carbocycles. The van der Waals surface area contributed by atoms with Gasteiger partial charge in [0.05, 0.1) is 12.6 Å². The molecule has 0 saturated carbocycles. The molecule has 0 spiro atoms. The van der Waals surface area contributed by atoms with Gasteiger partial charge in [0.1, 0.15) is 0 Å². The molecule has 2 atom stereocenters. The number of amides is 1. The number of ether oxygens (including phenoxy) is 1. The molecule has 1 aliphatic rings. The molecule has 1 fully saturated rings. The van der Waals surface area contributed by atoms with Gasteiger partial charge in [-0.25, -0.2) is 0 Å². The average molecular weight is 270 g/mol. The van der Waals surface area contributed by atoms with E-state index in [1.165, 1.54) is 0 Å². The third kappa shape index (κ3) is 4.18. The number of carbonyl (C=O) groups is 1. The highest BCUT2D eigenvalue weighted by Gasteiger charge is 2.39. The molecule has 1 aliphatic heterocycles. The third-order valence-corrected chi connectivity index (χ3v) is 4.32. The molecule has 112 valence electrons. The SMILES string of the molecule is CCC(C)N(CCOC)C(=O)C1NCCCC1(C)C. The van der Waals surface area contributed by atoms with Crippen molar-refractivity contribution in [3.63, 3.8) is 0 Å². The van der Waals surface area contributed by atoms with Crippen molar-refractivity contribution in [1.29, 1.82) is 0 Å². The summed E-state index contributed by atoms with van der Waals surface area (Å²) in [6.45, 7) is 10.8. The topological polar surface area (TPSA) is 41.6 Å². The van der Waals surface area contributed by atoms with E-state index in [9.17, 15) is 4.79 Å². The monoisotopic (exact) mass is 270 g/mol. The molecular formula is C15H30N2O2. The van der Waals surface area contributed by atoms with E-state index < -0.39 is 0 Å². The normalized spacial score (nSPS) is 23.9. The first kappa shape index (κ1) is 16.4. The number of methoxy groups -OCH3 is 1. The van der Waals surface area contributed by atoms with Crippen LogP contribution in [0, 0.1) is 5.41 Å². The minimum Gasteiger partial charge on any atom is -0.383 e. The third-order valence-electron chi connectivity index (χ3n) is 4.32. The highest BCUT2D eigenvalue weighted by atomic mass is 16.5. The number of rotatable bonds is 6. The predicted octanol–water partition coefficient (Wildman–Crippen LogP) is 2.04. The standard InChI is InChI=1S/C15H30N2O2/c1-6-12(2)17(10-11-19-5)14(18)13-15(3,4)8-7-9-16-13/h12-13,16H,6-11H2,1-5H3. The van der Waals surface area contributed by atoms with Gasteiger partial charge in [0, 0.05) is 19.7 Å². The van der Waals surface area contributed by atoms with Crippen molar-refractivity contribution in [3.05, 3.63) is 0 Å². The smallest absolute Gasteiger partial charge is 0.240 e. The molecule has 0 radical (unpaired) electrons. The maximum absolute atomic E-state index is 12.8. The van der Waals surface area contributed by atoms with Crippen LogP contribution < -0.4 is 5.32 Å². The number of nitrogens with one attached hydrogen (secondary N) is 1. The van der Waals surface area contributed by atoms with Gasteiger partial charge in [-0.3, -0.25) is 4.79 Å². The maximum Gasteiger partial charge on any atom is 0.240 e. The van der Waals surface area contributed by atoms with E-state index in [-0.39, 0.29) is 23.4 Å². The van der Waals surface area contributed by atoms with Gasteiger partial charge < -0.3 is 15.0 Å². The van der Waals surface area contributed by atoms with Gasteiger partial charge in [-0.15, -0.1) is 0 Å². The van der Waals surface area contributed by atoms with E-state index in [0.717, 1.165) is 25.8 Å². The summed E-state index contributed by atoms with van der Waals surface area (Å²) < 4.78 is 5.14. The molecule has 0 aromatic heterocycles. The molecule has 2 unspecified atom stereocenters. The van der Waals surface area contributed by atoms with Gasteiger partial charge in [-0.2, -0.15) is 0 Å². The van der Waals surface area contributed by atoms with E-state index in [0.29, 0.717) is 13.2 Å². The van der Waals surface area contributed by atoms with Crippen LogP contribution in [0.2, 0.25) is 0 Å². The Kier molecular flexibility index (Phi) is 6.27. The van der Waals surface area contributed by atoms with E-state index in [1.54, 1.807) is 7.11 Å². The van der Waals surface area contributed by atoms with Crippen LogP contribution in [0.3, 0.4) is 0 Å². The molecule has 0 aromatic rings. The second kappa shape index (κ2) is 7.25. The largest absolute Gasteiger partial charge is 0.383 e. The summed E-state index contributed by atoms with van der Waals surface area (Å²) in [7, 11) is 1.68. The highest BCUT2D eigenvalue weighted by Crippen LogP contribution is 2.31. The summed E-state index contributed by atoms with van der Waals surface area (Å²) in [6.07, 6.45) is 3.23. The van der Waals surface area contributed by atoms with Gasteiger partial charge >= 0.3 is 0 Å². The minimum atomic E-state index is -0.0629. The highest BCUT2D eigenvalue weighted by molar-refractivity contribution is 5.83. The van der Waals surface area contributed by atoms with E-state index in [4.69, 9.17) is 4.74 Å². The number of piperidine rings is 1. The van der Waals surface area contributed by atoms with Crippen LogP contribution in [0.25, 0.3) is 0 Å². The molecule has 1 saturated heterocycles. The Labute approximate surface area is 117 Å². The fourth-order valence-electron chi connectivity index (χ4n) is 2.76. The van der Waals surface area contributed by atoms with E-state index in [1.807, 2.05) is 4.90 Å². The lowest BCUT2D eigenvalue weighted by atomic mass is 9.77. The Morgan fingerprint density at radius 1 is 1.53 bits per heavy atom. The van der Waals surface area contributed by atoms with Crippen LogP contribution in [-0.2, 0) is 9.53 Å². The molecule has 1 N–H and O–H groups in total. The van der Waals surface area contributed by atoms with Crippen LogP contribution in [-0.4, -0.2) is 49.7 Å². The van der Waals surface area contributed by atoms with Gasteiger partial charge in [-0.05, 0) is 38.1 Å². The number of nitrogens with zero attached hydrogens (tertiary/aromatic N) is 1. The lowest BCUT2D eigenvalue weighted by Crippen LogP contribution is -2.58. The molecule has 0 bridgehead atoms. The lowest BCUT2D eigenvalue weighted by Gasteiger charge is -2.42. The zero-order chi connectivity index (χ0) is 14.5. The Morgan fingerprint density at radius 2 is 2.21 bits per heavy atom. The van der Waals surface area contributed by atoms with Gasteiger partial charge in [0.15, 0.2) is 0 Å². The second-order valence-corrected chi connectivity index (χ2v) is 6.26. The van der Waals surface area contributed by atoms with Crippen LogP contribution in [0.15, 0.2) is 0 Å². The summed E-state index contributed by atoms with van der Waals surface area (Å²) in [5.41, 5.74) is 0.0358. The number of hydrogen-bond acceptors (Lipinski definition) is 3. The fraction of sp³-hybridized carbons (Fsp3) is 0.933. The summed E-state index contributed by atoms with van der Waals surface area (Å²) in [4.78, 5) is 14.8. The molecule has 4 nitrogen and oxygen atoms in total. The Balaban J connectivity index is 2.79. The van der Waals surface area contributed by atoms with E-state index in [2.05, 4.69) is 33.0 Å². The van der Waals surface area contributed by atoms with Gasteiger partial charge in [0.2, 0.25) is 5.91 Å². The molecule has 4 heteroatoms. The summed E-state index contributed by atoms with van der Waals surface area (Å²) in [5.74, 6) is 0.233. The van der Waals surface area contributed by atoms with Crippen molar-refractivity contribution < 1.29 is 9.53 Å². The van der Waals surface area contributed by atoms with Crippen molar-refractivity contribution in [2.45, 2.75) is 59.0 Å². The summed E-state index contributed by atoms with van der Waals surface area (Å²) >= 11 is 0. The first-order chi connectivity index (χ1) is 8.94.